The van der Waals surface area contributed by atoms with Gasteiger partial charge in [-0.2, -0.15) is 0 Å². The van der Waals surface area contributed by atoms with Gasteiger partial charge in [0.05, 0.1) is 4.92 Å². The molecule has 0 radical (unpaired) electrons. The van der Waals surface area contributed by atoms with Gasteiger partial charge in [-0.25, -0.2) is 0 Å². The van der Waals surface area contributed by atoms with E-state index in [1.165, 1.54) is 25.5 Å². The van der Waals surface area contributed by atoms with Crippen LogP contribution in [0.5, 0.6) is 0 Å². The Morgan fingerprint density at radius 1 is 1.55 bits per heavy atom. The summed E-state index contributed by atoms with van der Waals surface area (Å²) in [5, 5.41) is 10.7. The van der Waals surface area contributed by atoms with Crippen molar-refractivity contribution < 1.29 is 4.92 Å². The standard InChI is InChI=1S/C14H22N4O2/c1-16(10-12-4-3-7-17(12)2)9-11-5-6-14(18(19)20)13(15)8-11/h5-6,8,12H,3-4,7,9-10,15H2,1-2H3. The molecule has 2 rings (SSSR count). The summed E-state index contributed by atoms with van der Waals surface area (Å²) in [7, 11) is 4.24. The predicted molar refractivity (Wildman–Crippen MR) is 79.5 cm³/mol. The number of hydrogen-bond donors (Lipinski definition) is 1. The molecule has 1 aliphatic heterocycles. The number of nitro groups is 1. The summed E-state index contributed by atoms with van der Waals surface area (Å²) in [5.74, 6) is 0. The molecule has 0 saturated carbocycles. The number of likely N-dealkylation sites (N-methyl/N-ethyl adjacent to an activating group) is 2. The van der Waals surface area contributed by atoms with Crippen LogP contribution in [0.15, 0.2) is 18.2 Å². The van der Waals surface area contributed by atoms with E-state index in [1.807, 2.05) is 0 Å². The van der Waals surface area contributed by atoms with Gasteiger partial charge in [-0.15, -0.1) is 0 Å². The average Bonchev–Trinajstić information content (AvgIpc) is 2.74. The molecule has 0 aromatic heterocycles. The summed E-state index contributed by atoms with van der Waals surface area (Å²) in [6.07, 6.45) is 2.50. The molecule has 1 aromatic carbocycles. The van der Waals surface area contributed by atoms with Crippen LogP contribution in [-0.4, -0.2) is 47.9 Å². The van der Waals surface area contributed by atoms with Crippen LogP contribution in [0.1, 0.15) is 18.4 Å². The molecule has 1 atom stereocenters. The molecule has 1 unspecified atom stereocenters. The van der Waals surface area contributed by atoms with Gasteiger partial charge in [0.25, 0.3) is 5.69 Å². The lowest BCUT2D eigenvalue weighted by molar-refractivity contribution is -0.383. The third-order valence-electron chi connectivity index (χ3n) is 3.94. The highest BCUT2D eigenvalue weighted by Gasteiger charge is 2.22. The zero-order chi connectivity index (χ0) is 14.7. The minimum atomic E-state index is -0.448. The van der Waals surface area contributed by atoms with Crippen LogP contribution in [0.3, 0.4) is 0 Å². The van der Waals surface area contributed by atoms with E-state index in [4.69, 9.17) is 5.73 Å². The maximum Gasteiger partial charge on any atom is 0.292 e. The van der Waals surface area contributed by atoms with Gasteiger partial charge in [0.15, 0.2) is 0 Å². The van der Waals surface area contributed by atoms with E-state index in [0.717, 1.165) is 18.7 Å². The second-order valence-electron chi connectivity index (χ2n) is 5.62. The first-order valence-electron chi connectivity index (χ1n) is 6.89. The predicted octanol–water partition coefficient (Wildman–Crippen LogP) is 1.70. The van der Waals surface area contributed by atoms with E-state index < -0.39 is 4.92 Å². The summed E-state index contributed by atoms with van der Waals surface area (Å²) in [4.78, 5) is 14.9. The van der Waals surface area contributed by atoms with Crippen LogP contribution in [-0.2, 0) is 6.54 Å². The fourth-order valence-corrected chi connectivity index (χ4v) is 2.81. The zero-order valence-electron chi connectivity index (χ0n) is 12.1. The number of nitrogens with zero attached hydrogens (tertiary/aromatic N) is 3. The first kappa shape index (κ1) is 14.7. The smallest absolute Gasteiger partial charge is 0.292 e. The van der Waals surface area contributed by atoms with E-state index in [1.54, 1.807) is 12.1 Å². The number of nitrogen functional groups attached to an aromatic ring is 1. The summed E-state index contributed by atoms with van der Waals surface area (Å²) in [6, 6.07) is 5.58. The van der Waals surface area contributed by atoms with Gasteiger partial charge < -0.3 is 15.5 Å². The van der Waals surface area contributed by atoms with Gasteiger partial charge >= 0.3 is 0 Å². The average molecular weight is 278 g/mol. The summed E-state index contributed by atoms with van der Waals surface area (Å²) < 4.78 is 0. The van der Waals surface area contributed by atoms with Crippen LogP contribution < -0.4 is 5.73 Å². The van der Waals surface area contributed by atoms with Crippen LogP contribution in [0.25, 0.3) is 0 Å². The summed E-state index contributed by atoms with van der Waals surface area (Å²) in [5.41, 5.74) is 6.94. The molecule has 0 spiro atoms. The van der Waals surface area contributed by atoms with Crippen LogP contribution in [0.2, 0.25) is 0 Å². The van der Waals surface area contributed by atoms with E-state index in [0.29, 0.717) is 6.04 Å². The molecule has 110 valence electrons. The number of nitrogens with two attached hydrogens (primary N) is 1. The van der Waals surface area contributed by atoms with Crippen molar-refractivity contribution >= 4 is 11.4 Å². The second-order valence-corrected chi connectivity index (χ2v) is 5.62. The Kier molecular flexibility index (Phi) is 4.57. The third kappa shape index (κ3) is 3.46. The summed E-state index contributed by atoms with van der Waals surface area (Å²) >= 11 is 0. The van der Waals surface area contributed by atoms with Gasteiger partial charge in [-0.1, -0.05) is 6.07 Å². The molecule has 1 fully saturated rings. The number of benzene rings is 1. The number of nitro benzene ring substituents is 1. The molecule has 1 heterocycles. The van der Waals surface area contributed by atoms with E-state index in [-0.39, 0.29) is 11.4 Å². The van der Waals surface area contributed by atoms with Gasteiger partial charge in [-0.3, -0.25) is 10.1 Å². The van der Waals surface area contributed by atoms with E-state index >= 15 is 0 Å². The molecule has 1 aromatic rings. The number of hydrogen-bond acceptors (Lipinski definition) is 5. The van der Waals surface area contributed by atoms with Crippen LogP contribution >= 0.6 is 0 Å². The van der Waals surface area contributed by atoms with Crippen molar-refractivity contribution in [2.24, 2.45) is 0 Å². The van der Waals surface area contributed by atoms with Crippen molar-refractivity contribution in [3.05, 3.63) is 33.9 Å². The Labute approximate surface area is 119 Å². The van der Waals surface area contributed by atoms with Crippen molar-refractivity contribution in [2.75, 3.05) is 32.9 Å². The largest absolute Gasteiger partial charge is 0.393 e. The monoisotopic (exact) mass is 278 g/mol. The Morgan fingerprint density at radius 3 is 2.85 bits per heavy atom. The van der Waals surface area contributed by atoms with Crippen molar-refractivity contribution in [3.63, 3.8) is 0 Å². The Hall–Kier alpha value is -1.66. The molecule has 0 amide bonds. The van der Waals surface area contributed by atoms with Crippen molar-refractivity contribution in [1.29, 1.82) is 0 Å². The molecule has 0 bridgehead atoms. The first-order chi connectivity index (χ1) is 9.47. The maximum atomic E-state index is 10.7. The number of anilines is 1. The highest BCUT2D eigenvalue weighted by molar-refractivity contribution is 5.59. The maximum absolute atomic E-state index is 10.7. The molecule has 6 heteroatoms. The minimum Gasteiger partial charge on any atom is -0.393 e. The summed E-state index contributed by atoms with van der Waals surface area (Å²) in [6.45, 7) is 2.93. The highest BCUT2D eigenvalue weighted by atomic mass is 16.6. The molecule has 1 aliphatic rings. The fourth-order valence-electron chi connectivity index (χ4n) is 2.81. The molecule has 1 saturated heterocycles. The van der Waals surface area contributed by atoms with E-state index in [9.17, 15) is 10.1 Å². The molecular weight excluding hydrogens is 256 g/mol. The quantitative estimate of drug-likeness (QED) is 0.504. The Morgan fingerprint density at radius 2 is 2.30 bits per heavy atom. The molecular formula is C14H22N4O2. The molecule has 20 heavy (non-hydrogen) atoms. The third-order valence-corrected chi connectivity index (χ3v) is 3.94. The highest BCUT2D eigenvalue weighted by Crippen LogP contribution is 2.23. The van der Waals surface area contributed by atoms with Gasteiger partial charge in [-0.05, 0) is 45.1 Å². The zero-order valence-corrected chi connectivity index (χ0v) is 12.1. The Bertz CT molecular complexity index is 492. The van der Waals surface area contributed by atoms with Crippen molar-refractivity contribution in [2.45, 2.75) is 25.4 Å². The number of likely N-dealkylation sites (tertiary alicyclic amines) is 1. The minimum absolute atomic E-state index is 0.0214. The first-order valence-corrected chi connectivity index (χ1v) is 6.89. The molecule has 6 nitrogen and oxygen atoms in total. The lowest BCUT2D eigenvalue weighted by Crippen LogP contribution is -2.36. The SMILES string of the molecule is CN(Cc1ccc([N+](=O)[O-])c(N)c1)CC1CCCN1C. The molecule has 0 aliphatic carbocycles. The topological polar surface area (TPSA) is 75.6 Å². The van der Waals surface area contributed by atoms with Crippen molar-refractivity contribution in [3.8, 4) is 0 Å². The van der Waals surface area contributed by atoms with Crippen molar-refractivity contribution in [1.82, 2.24) is 9.80 Å². The van der Waals surface area contributed by atoms with Crippen LogP contribution in [0, 0.1) is 10.1 Å². The number of rotatable bonds is 5. The van der Waals surface area contributed by atoms with Crippen LogP contribution in [0.4, 0.5) is 11.4 Å². The fraction of sp³-hybridized carbons (Fsp3) is 0.571. The lowest BCUT2D eigenvalue weighted by atomic mass is 10.1. The second kappa shape index (κ2) is 6.19. The lowest BCUT2D eigenvalue weighted by Gasteiger charge is -2.25. The van der Waals surface area contributed by atoms with Gasteiger partial charge in [0.2, 0.25) is 0 Å². The Balaban J connectivity index is 1.95. The van der Waals surface area contributed by atoms with E-state index in [2.05, 4.69) is 23.9 Å². The normalized spacial score (nSPS) is 19.6. The van der Waals surface area contributed by atoms with Gasteiger partial charge in [0.1, 0.15) is 5.69 Å². The van der Waals surface area contributed by atoms with Gasteiger partial charge in [0, 0.05) is 25.2 Å². The molecule has 2 N–H and O–H groups in total.